The molecular formula is C9H10Cl3N. The summed E-state index contributed by atoms with van der Waals surface area (Å²) in [5.74, 6) is 0. The van der Waals surface area contributed by atoms with E-state index in [1.807, 2.05) is 20.0 Å². The summed E-state index contributed by atoms with van der Waals surface area (Å²) in [7, 11) is 1.86. The third-order valence-electron chi connectivity index (χ3n) is 1.96. The highest BCUT2D eigenvalue weighted by Crippen LogP contribution is 2.35. The van der Waals surface area contributed by atoms with Crippen molar-refractivity contribution in [2.45, 2.75) is 13.0 Å². The van der Waals surface area contributed by atoms with Gasteiger partial charge in [0.25, 0.3) is 0 Å². The van der Waals surface area contributed by atoms with Crippen LogP contribution in [0, 0.1) is 0 Å². The summed E-state index contributed by atoms with van der Waals surface area (Å²) < 4.78 is 0. The first-order valence-electron chi connectivity index (χ1n) is 3.88. The normalized spacial score (nSPS) is 13.0. The molecule has 13 heavy (non-hydrogen) atoms. The van der Waals surface area contributed by atoms with Crippen LogP contribution in [-0.2, 0) is 0 Å². The number of halogens is 3. The van der Waals surface area contributed by atoms with E-state index in [1.54, 1.807) is 6.07 Å². The predicted molar refractivity (Wildman–Crippen MR) is 58.9 cm³/mol. The number of rotatable bonds is 2. The van der Waals surface area contributed by atoms with Gasteiger partial charge in [-0.3, -0.25) is 0 Å². The lowest BCUT2D eigenvalue weighted by atomic mass is 10.1. The first-order chi connectivity index (χ1) is 6.07. The van der Waals surface area contributed by atoms with Crippen molar-refractivity contribution in [3.8, 4) is 0 Å². The molecule has 1 N–H and O–H groups in total. The van der Waals surface area contributed by atoms with Gasteiger partial charge in [0.15, 0.2) is 0 Å². The second-order valence-corrected chi connectivity index (χ2v) is 3.94. The first kappa shape index (κ1) is 11.1. The molecule has 0 saturated carbocycles. The van der Waals surface area contributed by atoms with Gasteiger partial charge in [0.1, 0.15) is 0 Å². The molecule has 1 atom stereocenters. The van der Waals surface area contributed by atoms with Crippen molar-refractivity contribution in [3.63, 3.8) is 0 Å². The van der Waals surface area contributed by atoms with E-state index in [2.05, 4.69) is 5.32 Å². The van der Waals surface area contributed by atoms with Crippen LogP contribution in [0.3, 0.4) is 0 Å². The lowest BCUT2D eigenvalue weighted by Crippen LogP contribution is -2.12. The highest BCUT2D eigenvalue weighted by Gasteiger charge is 2.12. The van der Waals surface area contributed by atoms with E-state index in [0.29, 0.717) is 15.1 Å². The molecule has 0 aliphatic carbocycles. The molecular weight excluding hydrogens is 228 g/mol. The molecule has 0 radical (unpaired) electrons. The minimum absolute atomic E-state index is 0.169. The van der Waals surface area contributed by atoms with Crippen LogP contribution >= 0.6 is 34.8 Å². The second kappa shape index (κ2) is 4.52. The summed E-state index contributed by atoms with van der Waals surface area (Å²) >= 11 is 17.7. The van der Waals surface area contributed by atoms with Crippen LogP contribution in [0.25, 0.3) is 0 Å². The van der Waals surface area contributed by atoms with Crippen LogP contribution in [0.1, 0.15) is 18.5 Å². The van der Waals surface area contributed by atoms with Gasteiger partial charge in [0.2, 0.25) is 0 Å². The summed E-state index contributed by atoms with van der Waals surface area (Å²) in [6.45, 7) is 2.01. The van der Waals surface area contributed by atoms with E-state index < -0.39 is 0 Å². The largest absolute Gasteiger partial charge is 0.313 e. The van der Waals surface area contributed by atoms with Crippen LogP contribution in [0.15, 0.2) is 12.1 Å². The molecule has 72 valence electrons. The topological polar surface area (TPSA) is 12.0 Å². The standard InChI is InChI=1S/C9H10Cl3N/c1-5(13-2)6-3-4-7(10)9(12)8(6)11/h3-5,13H,1-2H3. The summed E-state index contributed by atoms with van der Waals surface area (Å²) in [5, 5.41) is 4.51. The number of hydrogen-bond donors (Lipinski definition) is 1. The van der Waals surface area contributed by atoms with Gasteiger partial charge in [0.05, 0.1) is 15.1 Å². The fourth-order valence-corrected chi connectivity index (χ4v) is 1.74. The molecule has 1 nitrogen and oxygen atoms in total. The van der Waals surface area contributed by atoms with Crippen LogP contribution in [0.4, 0.5) is 0 Å². The molecule has 0 aliphatic heterocycles. The molecule has 1 rings (SSSR count). The van der Waals surface area contributed by atoms with Crippen LogP contribution in [-0.4, -0.2) is 7.05 Å². The molecule has 0 fully saturated rings. The number of nitrogens with one attached hydrogen (secondary N) is 1. The van der Waals surface area contributed by atoms with Gasteiger partial charge in [0, 0.05) is 6.04 Å². The molecule has 4 heteroatoms. The van der Waals surface area contributed by atoms with Crippen molar-refractivity contribution >= 4 is 34.8 Å². The van der Waals surface area contributed by atoms with Gasteiger partial charge in [-0.05, 0) is 25.6 Å². The minimum atomic E-state index is 0.169. The Bertz CT molecular complexity index is 312. The fourth-order valence-electron chi connectivity index (χ4n) is 1.03. The van der Waals surface area contributed by atoms with Crippen LogP contribution < -0.4 is 5.32 Å². The van der Waals surface area contributed by atoms with E-state index >= 15 is 0 Å². The number of hydrogen-bond acceptors (Lipinski definition) is 1. The van der Waals surface area contributed by atoms with Crippen molar-refractivity contribution in [2.75, 3.05) is 7.05 Å². The van der Waals surface area contributed by atoms with Gasteiger partial charge >= 0.3 is 0 Å². The van der Waals surface area contributed by atoms with Gasteiger partial charge in [-0.15, -0.1) is 0 Å². The first-order valence-corrected chi connectivity index (χ1v) is 5.02. The Labute approximate surface area is 93.0 Å². The molecule has 1 aromatic carbocycles. The zero-order valence-electron chi connectivity index (χ0n) is 7.37. The monoisotopic (exact) mass is 237 g/mol. The van der Waals surface area contributed by atoms with E-state index in [9.17, 15) is 0 Å². The average Bonchev–Trinajstić information content (AvgIpc) is 2.13. The van der Waals surface area contributed by atoms with Gasteiger partial charge < -0.3 is 5.32 Å². The maximum atomic E-state index is 6.02. The zero-order chi connectivity index (χ0) is 10.0. The maximum Gasteiger partial charge on any atom is 0.0781 e. The SMILES string of the molecule is CNC(C)c1ccc(Cl)c(Cl)c1Cl. The Hall–Kier alpha value is 0.0500. The lowest BCUT2D eigenvalue weighted by Gasteiger charge is -2.13. The summed E-state index contributed by atoms with van der Waals surface area (Å²) in [6.07, 6.45) is 0. The molecule has 0 aliphatic rings. The summed E-state index contributed by atoms with van der Waals surface area (Å²) in [5.41, 5.74) is 0.957. The van der Waals surface area contributed by atoms with Gasteiger partial charge in [-0.1, -0.05) is 40.9 Å². The number of benzene rings is 1. The summed E-state index contributed by atoms with van der Waals surface area (Å²) in [4.78, 5) is 0. The average molecular weight is 239 g/mol. The van der Waals surface area contributed by atoms with E-state index in [0.717, 1.165) is 5.56 Å². The Morgan fingerprint density at radius 3 is 2.31 bits per heavy atom. The Balaban J connectivity index is 3.18. The van der Waals surface area contributed by atoms with Crippen molar-refractivity contribution in [1.29, 1.82) is 0 Å². The minimum Gasteiger partial charge on any atom is -0.313 e. The third kappa shape index (κ3) is 2.29. The smallest absolute Gasteiger partial charge is 0.0781 e. The molecule has 1 unspecified atom stereocenters. The van der Waals surface area contributed by atoms with E-state index in [4.69, 9.17) is 34.8 Å². The Morgan fingerprint density at radius 2 is 1.77 bits per heavy atom. The molecule has 0 spiro atoms. The summed E-state index contributed by atoms with van der Waals surface area (Å²) in [6, 6.07) is 3.79. The highest BCUT2D eigenvalue weighted by atomic mass is 35.5. The molecule has 0 heterocycles. The predicted octanol–water partition coefficient (Wildman–Crippen LogP) is 3.93. The van der Waals surface area contributed by atoms with E-state index in [1.165, 1.54) is 0 Å². The van der Waals surface area contributed by atoms with E-state index in [-0.39, 0.29) is 6.04 Å². The Kier molecular flexibility index (Phi) is 3.87. The zero-order valence-corrected chi connectivity index (χ0v) is 9.63. The highest BCUT2D eigenvalue weighted by molar-refractivity contribution is 6.48. The van der Waals surface area contributed by atoms with Crippen molar-refractivity contribution < 1.29 is 0 Å². The molecule has 1 aromatic rings. The second-order valence-electron chi connectivity index (χ2n) is 2.77. The fraction of sp³-hybridized carbons (Fsp3) is 0.333. The molecule has 0 aromatic heterocycles. The van der Waals surface area contributed by atoms with Gasteiger partial charge in [-0.25, -0.2) is 0 Å². The van der Waals surface area contributed by atoms with Crippen molar-refractivity contribution in [3.05, 3.63) is 32.8 Å². The van der Waals surface area contributed by atoms with Crippen molar-refractivity contribution in [1.82, 2.24) is 5.32 Å². The molecule has 0 saturated heterocycles. The third-order valence-corrected chi connectivity index (χ3v) is 3.27. The molecule has 0 bridgehead atoms. The lowest BCUT2D eigenvalue weighted by molar-refractivity contribution is 0.652. The van der Waals surface area contributed by atoms with Crippen LogP contribution in [0.2, 0.25) is 15.1 Å². The quantitative estimate of drug-likeness (QED) is 0.770. The van der Waals surface area contributed by atoms with Crippen molar-refractivity contribution in [2.24, 2.45) is 0 Å². The Morgan fingerprint density at radius 1 is 1.15 bits per heavy atom. The molecule has 0 amide bonds. The van der Waals surface area contributed by atoms with Gasteiger partial charge in [-0.2, -0.15) is 0 Å². The maximum absolute atomic E-state index is 6.02. The van der Waals surface area contributed by atoms with Crippen LogP contribution in [0.5, 0.6) is 0 Å².